The molecule has 1 aromatic carbocycles. The fraction of sp³-hybridized carbons (Fsp3) is 0.375. The number of ether oxygens (including phenoxy) is 1. The number of nitrogens with one attached hydrogen (secondary N) is 1. The molecule has 0 saturated heterocycles. The van der Waals surface area contributed by atoms with Crippen LogP contribution in [-0.2, 0) is 11.2 Å². The van der Waals surface area contributed by atoms with Gasteiger partial charge in [-0.05, 0) is 37.5 Å². The molecule has 0 aliphatic rings. The van der Waals surface area contributed by atoms with Crippen LogP contribution in [0.5, 0.6) is 5.75 Å². The lowest BCUT2D eigenvalue weighted by Crippen LogP contribution is -2.24. The minimum Gasteiger partial charge on any atom is -0.550 e. The van der Waals surface area contributed by atoms with Crippen molar-refractivity contribution in [2.75, 3.05) is 18.5 Å². The Morgan fingerprint density at radius 3 is 2.77 bits per heavy atom. The van der Waals surface area contributed by atoms with E-state index in [0.717, 1.165) is 16.9 Å². The molecule has 0 aliphatic carbocycles. The van der Waals surface area contributed by atoms with Crippen LogP contribution in [0.25, 0.3) is 0 Å². The summed E-state index contributed by atoms with van der Waals surface area (Å²) >= 11 is 1.38. The SMILES string of the molecule is Cc1ccc(C)c(OCCNc2nc(CC(=O)[O-])cs2)c1C. The first kappa shape index (κ1) is 16.3. The van der Waals surface area contributed by atoms with Crippen LogP contribution in [0.3, 0.4) is 0 Å². The second kappa shape index (κ2) is 7.26. The first-order valence-electron chi connectivity index (χ1n) is 7.05. The molecule has 22 heavy (non-hydrogen) atoms. The van der Waals surface area contributed by atoms with E-state index >= 15 is 0 Å². The molecule has 5 nitrogen and oxygen atoms in total. The van der Waals surface area contributed by atoms with Crippen LogP contribution in [-0.4, -0.2) is 24.1 Å². The van der Waals surface area contributed by atoms with E-state index in [0.29, 0.717) is 24.0 Å². The van der Waals surface area contributed by atoms with Crippen molar-refractivity contribution in [2.24, 2.45) is 0 Å². The van der Waals surface area contributed by atoms with Crippen molar-refractivity contribution in [1.29, 1.82) is 0 Å². The summed E-state index contributed by atoms with van der Waals surface area (Å²) in [6.45, 7) is 7.26. The van der Waals surface area contributed by atoms with Crippen molar-refractivity contribution < 1.29 is 14.6 Å². The molecule has 2 rings (SSSR count). The molecule has 0 saturated carbocycles. The molecule has 0 aliphatic heterocycles. The van der Waals surface area contributed by atoms with Gasteiger partial charge in [-0.25, -0.2) is 4.98 Å². The standard InChI is InChI=1S/C16H20N2O3S/c1-10-4-5-11(2)15(12(10)3)21-7-6-17-16-18-13(9-22-16)8-14(19)20/h4-5,9H,6-8H2,1-3H3,(H,17,18)(H,19,20)/p-1. The number of anilines is 1. The van der Waals surface area contributed by atoms with Gasteiger partial charge in [0, 0.05) is 17.8 Å². The topological polar surface area (TPSA) is 74.3 Å². The molecular weight excluding hydrogens is 300 g/mol. The summed E-state index contributed by atoms with van der Waals surface area (Å²) in [6, 6.07) is 4.14. The average molecular weight is 319 g/mol. The number of aryl methyl sites for hydroxylation is 2. The molecule has 0 bridgehead atoms. The molecule has 0 radical (unpaired) electrons. The van der Waals surface area contributed by atoms with Gasteiger partial charge in [-0.15, -0.1) is 11.3 Å². The molecule has 118 valence electrons. The van der Waals surface area contributed by atoms with Crippen molar-refractivity contribution >= 4 is 22.4 Å². The quantitative estimate of drug-likeness (QED) is 0.788. The second-order valence-corrected chi connectivity index (χ2v) is 5.98. The molecule has 0 spiro atoms. The maximum Gasteiger partial charge on any atom is 0.182 e. The Hall–Kier alpha value is -2.08. The number of carbonyl (C=O) groups excluding carboxylic acids is 1. The Morgan fingerprint density at radius 1 is 1.32 bits per heavy atom. The second-order valence-electron chi connectivity index (χ2n) is 5.12. The van der Waals surface area contributed by atoms with E-state index < -0.39 is 5.97 Å². The third kappa shape index (κ3) is 4.21. The van der Waals surface area contributed by atoms with Gasteiger partial charge in [-0.3, -0.25) is 0 Å². The van der Waals surface area contributed by atoms with Gasteiger partial charge < -0.3 is 20.0 Å². The number of benzene rings is 1. The van der Waals surface area contributed by atoms with E-state index in [1.54, 1.807) is 5.38 Å². The molecule has 0 fully saturated rings. The monoisotopic (exact) mass is 319 g/mol. The van der Waals surface area contributed by atoms with Crippen LogP contribution < -0.4 is 15.2 Å². The van der Waals surface area contributed by atoms with Crippen LogP contribution in [0.15, 0.2) is 17.5 Å². The third-order valence-electron chi connectivity index (χ3n) is 3.38. The first-order chi connectivity index (χ1) is 10.5. The van der Waals surface area contributed by atoms with Gasteiger partial charge in [0.1, 0.15) is 12.4 Å². The van der Waals surface area contributed by atoms with Crippen LogP contribution in [0.2, 0.25) is 0 Å². The maximum absolute atomic E-state index is 10.5. The number of thiazole rings is 1. The Morgan fingerprint density at radius 2 is 2.05 bits per heavy atom. The number of nitrogens with zero attached hydrogens (tertiary/aromatic N) is 1. The van der Waals surface area contributed by atoms with E-state index in [1.807, 2.05) is 6.92 Å². The zero-order chi connectivity index (χ0) is 16.1. The molecule has 1 heterocycles. The summed E-state index contributed by atoms with van der Waals surface area (Å²) in [5, 5.41) is 16.0. The average Bonchev–Trinajstić information content (AvgIpc) is 2.89. The third-order valence-corrected chi connectivity index (χ3v) is 4.22. The molecule has 2 aromatic rings. The van der Waals surface area contributed by atoms with E-state index in [4.69, 9.17) is 4.74 Å². The van der Waals surface area contributed by atoms with Gasteiger partial charge in [0.25, 0.3) is 0 Å². The van der Waals surface area contributed by atoms with Gasteiger partial charge in [0.05, 0.1) is 12.2 Å². The van der Waals surface area contributed by atoms with Gasteiger partial charge >= 0.3 is 0 Å². The summed E-state index contributed by atoms with van der Waals surface area (Å²) in [7, 11) is 0. The lowest BCUT2D eigenvalue weighted by Gasteiger charge is -2.14. The Kier molecular flexibility index (Phi) is 5.38. The number of aliphatic carboxylic acids is 1. The highest BCUT2D eigenvalue weighted by Gasteiger charge is 2.06. The zero-order valence-corrected chi connectivity index (χ0v) is 13.8. The van der Waals surface area contributed by atoms with E-state index in [-0.39, 0.29) is 6.42 Å². The number of aromatic nitrogens is 1. The van der Waals surface area contributed by atoms with Crippen molar-refractivity contribution in [2.45, 2.75) is 27.2 Å². The lowest BCUT2D eigenvalue weighted by molar-refractivity contribution is -0.304. The number of hydrogen-bond donors (Lipinski definition) is 1. The normalized spacial score (nSPS) is 10.5. The summed E-state index contributed by atoms with van der Waals surface area (Å²) in [4.78, 5) is 14.7. The predicted octanol–water partition coefficient (Wildman–Crippen LogP) is 1.85. The number of carboxylic acids is 1. The summed E-state index contributed by atoms with van der Waals surface area (Å²) in [5.41, 5.74) is 4.00. The van der Waals surface area contributed by atoms with Gasteiger partial charge in [0.15, 0.2) is 5.13 Å². The van der Waals surface area contributed by atoms with E-state index in [1.165, 1.54) is 16.9 Å². The van der Waals surface area contributed by atoms with E-state index in [9.17, 15) is 9.90 Å². The number of carboxylic acid groups (broad SMARTS) is 1. The Bertz CT molecular complexity index is 667. The number of rotatable bonds is 7. The molecule has 0 amide bonds. The molecule has 0 unspecified atom stereocenters. The van der Waals surface area contributed by atoms with Crippen molar-refractivity contribution in [3.05, 3.63) is 39.9 Å². The van der Waals surface area contributed by atoms with Crippen LogP contribution >= 0.6 is 11.3 Å². The Labute approximate surface area is 134 Å². The minimum absolute atomic E-state index is 0.156. The van der Waals surface area contributed by atoms with Crippen LogP contribution in [0.1, 0.15) is 22.4 Å². The van der Waals surface area contributed by atoms with Gasteiger partial charge in [-0.2, -0.15) is 0 Å². The highest BCUT2D eigenvalue weighted by atomic mass is 32.1. The van der Waals surface area contributed by atoms with Crippen molar-refractivity contribution in [3.8, 4) is 5.75 Å². The minimum atomic E-state index is -1.12. The zero-order valence-electron chi connectivity index (χ0n) is 12.9. The highest BCUT2D eigenvalue weighted by molar-refractivity contribution is 7.13. The predicted molar refractivity (Wildman–Crippen MR) is 85.5 cm³/mol. The highest BCUT2D eigenvalue weighted by Crippen LogP contribution is 2.25. The van der Waals surface area contributed by atoms with Crippen LogP contribution in [0.4, 0.5) is 5.13 Å². The van der Waals surface area contributed by atoms with Crippen molar-refractivity contribution in [1.82, 2.24) is 4.98 Å². The molecule has 6 heteroatoms. The van der Waals surface area contributed by atoms with Crippen LogP contribution in [0, 0.1) is 20.8 Å². The smallest absolute Gasteiger partial charge is 0.182 e. The molecule has 0 atom stereocenters. The lowest BCUT2D eigenvalue weighted by atomic mass is 10.1. The summed E-state index contributed by atoms with van der Waals surface area (Å²) in [5.74, 6) is -0.191. The van der Waals surface area contributed by atoms with Gasteiger partial charge in [0.2, 0.25) is 0 Å². The maximum atomic E-state index is 10.5. The number of hydrogen-bond acceptors (Lipinski definition) is 6. The summed E-state index contributed by atoms with van der Waals surface area (Å²) < 4.78 is 5.85. The fourth-order valence-corrected chi connectivity index (χ4v) is 2.81. The largest absolute Gasteiger partial charge is 0.550 e. The molecule has 1 aromatic heterocycles. The van der Waals surface area contributed by atoms with E-state index in [2.05, 4.69) is 36.3 Å². The molecule has 1 N–H and O–H groups in total. The summed E-state index contributed by atoms with van der Waals surface area (Å²) in [6.07, 6.45) is -0.156. The van der Waals surface area contributed by atoms with Gasteiger partial charge in [-0.1, -0.05) is 12.1 Å². The first-order valence-corrected chi connectivity index (χ1v) is 7.93. The fourth-order valence-electron chi connectivity index (χ4n) is 2.08. The van der Waals surface area contributed by atoms with Crippen molar-refractivity contribution in [3.63, 3.8) is 0 Å². The number of carbonyl (C=O) groups is 1. The Balaban J connectivity index is 1.84. The molecular formula is C16H19N2O3S-.